The number of rotatable bonds is 5. The van der Waals surface area contributed by atoms with Crippen LogP contribution in [0, 0.1) is 10.1 Å². The average molecular weight is 304 g/mol. The molecule has 118 valence electrons. The molecular weight excluding hydrogens is 284 g/mol. The average Bonchev–Trinajstić information content (AvgIpc) is 2.54. The molecule has 0 bridgehead atoms. The maximum Gasteiger partial charge on any atom is 0.269 e. The normalized spacial score (nSPS) is 15.4. The number of benzene rings is 1. The molecule has 0 radical (unpaired) electrons. The first-order chi connectivity index (χ1) is 10.6. The number of nitro benzene ring substituents is 1. The lowest BCUT2D eigenvalue weighted by molar-refractivity contribution is -0.384. The van der Waals surface area contributed by atoms with Crippen molar-refractivity contribution in [3.63, 3.8) is 0 Å². The van der Waals surface area contributed by atoms with Gasteiger partial charge in [-0.05, 0) is 12.1 Å². The summed E-state index contributed by atoms with van der Waals surface area (Å²) >= 11 is 0. The third kappa shape index (κ3) is 4.63. The summed E-state index contributed by atoms with van der Waals surface area (Å²) in [6, 6.07) is 5.97. The summed E-state index contributed by atoms with van der Waals surface area (Å²) in [7, 11) is 0. The largest absolute Gasteiger partial charge is 0.303 e. The zero-order valence-corrected chi connectivity index (χ0v) is 12.6. The topological polar surface area (TPSA) is 87.8 Å². The molecule has 1 fully saturated rings. The number of likely N-dealkylation sites (tertiary alicyclic amines) is 1. The van der Waals surface area contributed by atoms with Crippen molar-refractivity contribution in [3.05, 3.63) is 39.9 Å². The van der Waals surface area contributed by atoms with Crippen molar-refractivity contribution in [2.45, 2.75) is 26.2 Å². The molecule has 1 heterocycles. The van der Waals surface area contributed by atoms with Crippen molar-refractivity contribution in [3.8, 4) is 0 Å². The Morgan fingerprint density at radius 3 is 2.50 bits per heavy atom. The number of hydrogen-bond donors (Lipinski definition) is 1. The molecular formula is C15H20N4O3. The van der Waals surface area contributed by atoms with Crippen molar-refractivity contribution in [2.75, 3.05) is 19.6 Å². The highest BCUT2D eigenvalue weighted by Crippen LogP contribution is 2.12. The van der Waals surface area contributed by atoms with Crippen LogP contribution in [-0.4, -0.2) is 41.1 Å². The Balaban J connectivity index is 1.81. The van der Waals surface area contributed by atoms with Gasteiger partial charge in [-0.25, -0.2) is 5.43 Å². The van der Waals surface area contributed by atoms with Crippen LogP contribution in [0.1, 0.15) is 25.3 Å². The Bertz CT molecular complexity index is 559. The molecule has 0 aromatic heterocycles. The molecule has 1 aromatic rings. The van der Waals surface area contributed by atoms with Crippen LogP contribution in [0.4, 0.5) is 5.69 Å². The van der Waals surface area contributed by atoms with Crippen LogP contribution in [0.3, 0.4) is 0 Å². The first-order valence-electron chi connectivity index (χ1n) is 7.38. The van der Waals surface area contributed by atoms with E-state index in [0.717, 1.165) is 43.8 Å². The monoisotopic (exact) mass is 304 g/mol. The van der Waals surface area contributed by atoms with Gasteiger partial charge >= 0.3 is 0 Å². The van der Waals surface area contributed by atoms with E-state index in [4.69, 9.17) is 0 Å². The summed E-state index contributed by atoms with van der Waals surface area (Å²) < 4.78 is 0. The predicted molar refractivity (Wildman–Crippen MR) is 83.7 cm³/mol. The van der Waals surface area contributed by atoms with Crippen LogP contribution in [0.5, 0.6) is 0 Å². The Morgan fingerprint density at radius 2 is 1.95 bits per heavy atom. The van der Waals surface area contributed by atoms with Gasteiger partial charge in [0.25, 0.3) is 5.69 Å². The number of carbonyl (C=O) groups is 1. The molecule has 7 nitrogen and oxygen atoms in total. The standard InChI is InChI=1S/C15H20N4O3/c1-2-18-9-7-13(8-10-18)16-17-15(20)11-12-3-5-14(6-4-12)19(21)22/h3-6H,2,7-11H2,1H3,(H,17,20). The third-order valence-electron chi connectivity index (χ3n) is 3.73. The molecule has 1 aliphatic rings. The maximum absolute atomic E-state index is 11.8. The number of non-ortho nitro benzene ring substituents is 1. The van der Waals surface area contributed by atoms with Gasteiger partial charge in [0.05, 0.1) is 11.3 Å². The second kappa shape index (κ2) is 7.65. The van der Waals surface area contributed by atoms with Crippen molar-refractivity contribution < 1.29 is 9.72 Å². The zero-order valence-electron chi connectivity index (χ0n) is 12.6. The molecule has 2 rings (SSSR count). The van der Waals surface area contributed by atoms with E-state index in [1.54, 1.807) is 12.1 Å². The number of hydrogen-bond acceptors (Lipinski definition) is 5. The predicted octanol–water partition coefficient (Wildman–Crippen LogP) is 1.73. The first-order valence-corrected chi connectivity index (χ1v) is 7.38. The van der Waals surface area contributed by atoms with Crippen LogP contribution in [0.15, 0.2) is 29.4 Å². The smallest absolute Gasteiger partial charge is 0.269 e. The van der Waals surface area contributed by atoms with Crippen LogP contribution in [-0.2, 0) is 11.2 Å². The molecule has 0 saturated carbocycles. The minimum Gasteiger partial charge on any atom is -0.303 e. The minimum absolute atomic E-state index is 0.0204. The lowest BCUT2D eigenvalue weighted by atomic mass is 10.1. The first kappa shape index (κ1) is 16.1. The second-order valence-corrected chi connectivity index (χ2v) is 5.25. The Morgan fingerprint density at radius 1 is 1.32 bits per heavy atom. The highest BCUT2D eigenvalue weighted by atomic mass is 16.6. The quantitative estimate of drug-likeness (QED) is 0.663. The lowest BCUT2D eigenvalue weighted by Crippen LogP contribution is -2.34. The van der Waals surface area contributed by atoms with Gasteiger partial charge in [-0.1, -0.05) is 19.1 Å². The fourth-order valence-corrected chi connectivity index (χ4v) is 2.34. The Hall–Kier alpha value is -2.28. The summed E-state index contributed by atoms with van der Waals surface area (Å²) in [5.74, 6) is -0.209. The van der Waals surface area contributed by atoms with Gasteiger partial charge in [0, 0.05) is 43.8 Å². The fraction of sp³-hybridized carbons (Fsp3) is 0.467. The minimum atomic E-state index is -0.460. The third-order valence-corrected chi connectivity index (χ3v) is 3.73. The van der Waals surface area contributed by atoms with Gasteiger partial charge in [-0.3, -0.25) is 14.9 Å². The van der Waals surface area contributed by atoms with Gasteiger partial charge < -0.3 is 4.90 Å². The van der Waals surface area contributed by atoms with Crippen molar-refractivity contribution in [2.24, 2.45) is 5.10 Å². The van der Waals surface area contributed by atoms with E-state index in [1.165, 1.54) is 12.1 Å². The summed E-state index contributed by atoms with van der Waals surface area (Å²) in [5.41, 5.74) is 4.33. The molecule has 0 atom stereocenters. The highest BCUT2D eigenvalue weighted by molar-refractivity contribution is 5.87. The van der Waals surface area contributed by atoms with E-state index in [1.807, 2.05) is 0 Å². The number of nitrogens with zero attached hydrogens (tertiary/aromatic N) is 3. The number of carbonyl (C=O) groups excluding carboxylic acids is 1. The number of nitrogens with one attached hydrogen (secondary N) is 1. The van der Waals surface area contributed by atoms with Crippen LogP contribution in [0.25, 0.3) is 0 Å². The van der Waals surface area contributed by atoms with Gasteiger partial charge in [0.15, 0.2) is 0 Å². The molecule has 1 saturated heterocycles. The van der Waals surface area contributed by atoms with Crippen LogP contribution in [0.2, 0.25) is 0 Å². The van der Waals surface area contributed by atoms with Gasteiger partial charge in [-0.15, -0.1) is 0 Å². The molecule has 0 unspecified atom stereocenters. The van der Waals surface area contributed by atoms with Crippen molar-refractivity contribution in [1.29, 1.82) is 0 Å². The van der Waals surface area contributed by atoms with Crippen LogP contribution < -0.4 is 5.43 Å². The van der Waals surface area contributed by atoms with Crippen molar-refractivity contribution >= 4 is 17.3 Å². The second-order valence-electron chi connectivity index (χ2n) is 5.25. The number of nitro groups is 1. The SMILES string of the molecule is CCN1CCC(=NNC(=O)Cc2ccc([N+](=O)[O-])cc2)CC1. The highest BCUT2D eigenvalue weighted by Gasteiger charge is 2.13. The summed E-state index contributed by atoms with van der Waals surface area (Å²) in [5, 5.41) is 14.7. The van der Waals surface area contributed by atoms with Gasteiger partial charge in [-0.2, -0.15) is 5.10 Å². The van der Waals surface area contributed by atoms with E-state index in [0.29, 0.717) is 0 Å². The van der Waals surface area contributed by atoms with Crippen molar-refractivity contribution in [1.82, 2.24) is 10.3 Å². The molecule has 1 N–H and O–H groups in total. The van der Waals surface area contributed by atoms with E-state index >= 15 is 0 Å². The number of amides is 1. The molecule has 7 heteroatoms. The molecule has 0 spiro atoms. The molecule has 1 amide bonds. The van der Waals surface area contributed by atoms with E-state index < -0.39 is 4.92 Å². The fourth-order valence-electron chi connectivity index (χ4n) is 2.34. The Labute approximate surface area is 129 Å². The van der Waals surface area contributed by atoms with Gasteiger partial charge in [0.1, 0.15) is 0 Å². The summed E-state index contributed by atoms with van der Waals surface area (Å²) in [4.78, 5) is 24.3. The number of piperidine rings is 1. The maximum atomic E-state index is 11.8. The Kier molecular flexibility index (Phi) is 5.60. The zero-order chi connectivity index (χ0) is 15.9. The molecule has 1 aromatic carbocycles. The van der Waals surface area contributed by atoms with E-state index in [9.17, 15) is 14.9 Å². The summed E-state index contributed by atoms with van der Waals surface area (Å²) in [6.45, 7) is 5.13. The van der Waals surface area contributed by atoms with Crippen LogP contribution >= 0.6 is 0 Å². The van der Waals surface area contributed by atoms with Gasteiger partial charge in [0.2, 0.25) is 5.91 Å². The molecule has 0 aliphatic carbocycles. The molecule has 22 heavy (non-hydrogen) atoms. The van der Waals surface area contributed by atoms with E-state index in [2.05, 4.69) is 22.4 Å². The lowest BCUT2D eigenvalue weighted by Gasteiger charge is -2.25. The van der Waals surface area contributed by atoms with E-state index in [-0.39, 0.29) is 18.0 Å². The number of hydrazone groups is 1. The molecule has 1 aliphatic heterocycles. The summed E-state index contributed by atoms with van der Waals surface area (Å²) in [6.07, 6.45) is 1.92.